The summed E-state index contributed by atoms with van der Waals surface area (Å²) in [6.07, 6.45) is 0.706. The molecule has 3 aromatic rings. The van der Waals surface area contributed by atoms with Gasteiger partial charge in [-0.3, -0.25) is 4.68 Å². The predicted molar refractivity (Wildman–Crippen MR) is 78.1 cm³/mol. The number of hydrogen-bond donors (Lipinski definition) is 0. The van der Waals surface area contributed by atoms with Gasteiger partial charge in [-0.2, -0.15) is 5.10 Å². The zero-order valence-corrected chi connectivity index (χ0v) is 12.4. The van der Waals surface area contributed by atoms with Crippen molar-refractivity contribution in [3.05, 3.63) is 30.2 Å². The molecule has 0 spiro atoms. The third-order valence-electron chi connectivity index (χ3n) is 4.13. The molecule has 1 atom stereocenters. The Morgan fingerprint density at radius 2 is 2.14 bits per heavy atom. The number of fused-ring (bicyclic) bond motifs is 1. The maximum Gasteiger partial charge on any atom is 0.266 e. The number of nitrogens with zero attached hydrogens (tertiary/aromatic N) is 4. The molecule has 22 heavy (non-hydrogen) atoms. The lowest BCUT2D eigenvalue weighted by Gasteiger charge is -2.20. The molecule has 7 nitrogen and oxygen atoms in total. The van der Waals surface area contributed by atoms with Crippen molar-refractivity contribution >= 4 is 10.9 Å². The predicted octanol–water partition coefficient (Wildman–Crippen LogP) is 1.89. The summed E-state index contributed by atoms with van der Waals surface area (Å²) in [6.45, 7) is 1.05. The zero-order valence-electron chi connectivity index (χ0n) is 12.4. The molecule has 1 unspecified atom stereocenters. The van der Waals surface area contributed by atoms with Gasteiger partial charge in [0, 0.05) is 26.0 Å². The van der Waals surface area contributed by atoms with Crippen LogP contribution < -0.4 is 0 Å². The fourth-order valence-corrected chi connectivity index (χ4v) is 2.87. The van der Waals surface area contributed by atoms with Crippen LogP contribution in [0.1, 0.15) is 12.3 Å². The molecule has 3 heterocycles. The molecule has 7 heteroatoms. The van der Waals surface area contributed by atoms with E-state index in [1.54, 1.807) is 11.8 Å². The Balaban J connectivity index is 1.82. The highest BCUT2D eigenvalue weighted by Gasteiger charge is 2.42. The minimum absolute atomic E-state index is 0.428. The molecule has 2 aromatic heterocycles. The summed E-state index contributed by atoms with van der Waals surface area (Å²) < 4.78 is 18.7. The van der Waals surface area contributed by atoms with E-state index in [0.29, 0.717) is 31.4 Å². The number of aromatic nitrogens is 4. The van der Waals surface area contributed by atoms with Gasteiger partial charge in [0.2, 0.25) is 0 Å². The Bertz CT molecular complexity index is 817. The van der Waals surface area contributed by atoms with Crippen LogP contribution in [0.4, 0.5) is 0 Å². The van der Waals surface area contributed by atoms with Crippen LogP contribution in [0.2, 0.25) is 0 Å². The normalized spacial score (nSPS) is 21.7. The van der Waals surface area contributed by atoms with Crippen LogP contribution in [0.3, 0.4) is 0 Å². The minimum atomic E-state index is -0.639. The van der Waals surface area contributed by atoms with Crippen LogP contribution in [-0.4, -0.2) is 40.3 Å². The van der Waals surface area contributed by atoms with E-state index in [9.17, 15) is 0 Å². The Morgan fingerprint density at radius 3 is 2.91 bits per heavy atom. The van der Waals surface area contributed by atoms with Gasteiger partial charge in [0.25, 0.3) is 11.8 Å². The molecular weight excluding hydrogens is 284 g/mol. The molecule has 0 aliphatic carbocycles. The average Bonchev–Trinajstić information content (AvgIpc) is 3.24. The van der Waals surface area contributed by atoms with Gasteiger partial charge < -0.3 is 13.9 Å². The molecule has 4 rings (SSSR count). The molecule has 0 amide bonds. The topological polar surface area (TPSA) is 75.2 Å². The quantitative estimate of drug-likeness (QED) is 0.735. The van der Waals surface area contributed by atoms with Crippen molar-refractivity contribution in [2.24, 2.45) is 7.05 Å². The summed E-state index contributed by atoms with van der Waals surface area (Å²) in [5.41, 5.74) is 1.06. The highest BCUT2D eigenvalue weighted by Crippen LogP contribution is 2.35. The maximum atomic E-state index is 5.91. The van der Waals surface area contributed by atoms with Gasteiger partial charge in [0.05, 0.1) is 18.7 Å². The number of aryl methyl sites for hydroxylation is 1. The Morgan fingerprint density at radius 1 is 1.27 bits per heavy atom. The van der Waals surface area contributed by atoms with E-state index in [0.717, 1.165) is 16.6 Å². The van der Waals surface area contributed by atoms with Crippen LogP contribution in [-0.2, 0) is 22.1 Å². The lowest BCUT2D eigenvalue weighted by Crippen LogP contribution is -2.29. The molecule has 1 aliphatic rings. The van der Waals surface area contributed by atoms with E-state index in [2.05, 4.69) is 15.3 Å². The fourth-order valence-electron chi connectivity index (χ4n) is 2.87. The molecule has 0 bridgehead atoms. The van der Waals surface area contributed by atoms with Crippen LogP contribution >= 0.6 is 0 Å². The van der Waals surface area contributed by atoms with E-state index >= 15 is 0 Å². The van der Waals surface area contributed by atoms with E-state index < -0.39 is 5.60 Å². The standard InChI is InChI=1S/C15H16N4O3/c1-19-12(10-5-3-4-6-11(10)18-19)13-16-17-14(22-13)15(20-2)7-8-21-9-15/h3-6H,7-9H2,1-2H3. The van der Waals surface area contributed by atoms with Crippen molar-refractivity contribution in [3.63, 3.8) is 0 Å². The summed E-state index contributed by atoms with van der Waals surface area (Å²) in [6, 6.07) is 7.87. The maximum absolute atomic E-state index is 5.91. The third-order valence-corrected chi connectivity index (χ3v) is 4.13. The molecule has 0 N–H and O–H groups in total. The van der Waals surface area contributed by atoms with Gasteiger partial charge in [-0.05, 0) is 6.07 Å². The summed E-state index contributed by atoms with van der Waals surface area (Å²) in [5.74, 6) is 0.891. The molecular formula is C15H16N4O3. The van der Waals surface area contributed by atoms with Crippen molar-refractivity contribution < 1.29 is 13.9 Å². The number of hydrogen-bond acceptors (Lipinski definition) is 6. The van der Waals surface area contributed by atoms with Gasteiger partial charge in [0.1, 0.15) is 5.69 Å². The highest BCUT2D eigenvalue weighted by molar-refractivity contribution is 5.90. The first-order valence-electron chi connectivity index (χ1n) is 7.12. The number of rotatable bonds is 3. The Kier molecular flexibility index (Phi) is 2.98. The lowest BCUT2D eigenvalue weighted by molar-refractivity contribution is -0.0407. The van der Waals surface area contributed by atoms with Crippen molar-refractivity contribution in [3.8, 4) is 11.6 Å². The van der Waals surface area contributed by atoms with Gasteiger partial charge in [-0.25, -0.2) is 0 Å². The SMILES string of the molecule is COC1(c2nnc(-c3c4ccccc4nn3C)o2)CCOC1. The molecule has 0 saturated carbocycles. The Hall–Kier alpha value is -2.25. The fraction of sp³-hybridized carbons (Fsp3) is 0.400. The zero-order chi connectivity index (χ0) is 15.2. The second-order valence-corrected chi connectivity index (χ2v) is 5.40. The second kappa shape index (κ2) is 4.89. The van der Waals surface area contributed by atoms with E-state index in [-0.39, 0.29) is 0 Å². The van der Waals surface area contributed by atoms with Gasteiger partial charge >= 0.3 is 0 Å². The monoisotopic (exact) mass is 300 g/mol. The van der Waals surface area contributed by atoms with Crippen molar-refractivity contribution in [2.75, 3.05) is 20.3 Å². The summed E-state index contributed by atoms with van der Waals surface area (Å²) >= 11 is 0. The van der Waals surface area contributed by atoms with Crippen molar-refractivity contribution in [2.45, 2.75) is 12.0 Å². The number of ether oxygens (including phenoxy) is 2. The third kappa shape index (κ3) is 1.86. The first-order valence-corrected chi connectivity index (χ1v) is 7.12. The molecule has 0 radical (unpaired) electrons. The largest absolute Gasteiger partial charge is 0.416 e. The van der Waals surface area contributed by atoms with Gasteiger partial charge in [-0.1, -0.05) is 18.2 Å². The van der Waals surface area contributed by atoms with E-state index in [4.69, 9.17) is 13.9 Å². The highest BCUT2D eigenvalue weighted by atomic mass is 16.6. The van der Waals surface area contributed by atoms with Crippen molar-refractivity contribution in [1.29, 1.82) is 0 Å². The summed E-state index contributed by atoms with van der Waals surface area (Å²) in [5, 5.41) is 13.8. The van der Waals surface area contributed by atoms with Crippen LogP contribution in [0.5, 0.6) is 0 Å². The summed E-state index contributed by atoms with van der Waals surface area (Å²) in [7, 11) is 3.50. The number of benzene rings is 1. The average molecular weight is 300 g/mol. The first kappa shape index (κ1) is 13.4. The van der Waals surface area contributed by atoms with Crippen LogP contribution in [0.25, 0.3) is 22.5 Å². The second-order valence-electron chi connectivity index (χ2n) is 5.40. The molecule has 1 aromatic carbocycles. The molecule has 1 saturated heterocycles. The Labute approximate surface area is 126 Å². The first-order chi connectivity index (χ1) is 10.7. The van der Waals surface area contributed by atoms with E-state index in [1.807, 2.05) is 31.3 Å². The van der Waals surface area contributed by atoms with Crippen LogP contribution in [0, 0.1) is 0 Å². The van der Waals surface area contributed by atoms with Crippen molar-refractivity contribution in [1.82, 2.24) is 20.0 Å². The molecule has 114 valence electrons. The smallest absolute Gasteiger partial charge is 0.266 e. The molecule has 1 fully saturated rings. The molecule has 1 aliphatic heterocycles. The van der Waals surface area contributed by atoms with Gasteiger partial charge in [-0.15, -0.1) is 10.2 Å². The van der Waals surface area contributed by atoms with Gasteiger partial charge in [0.15, 0.2) is 5.60 Å². The van der Waals surface area contributed by atoms with E-state index in [1.165, 1.54) is 0 Å². The summed E-state index contributed by atoms with van der Waals surface area (Å²) in [4.78, 5) is 0. The minimum Gasteiger partial charge on any atom is -0.416 e. The lowest BCUT2D eigenvalue weighted by atomic mass is 10.0. The number of methoxy groups -OCH3 is 1. The van der Waals surface area contributed by atoms with Crippen LogP contribution in [0.15, 0.2) is 28.7 Å².